The number of hydrogen-bond donors (Lipinski definition) is 3. The summed E-state index contributed by atoms with van der Waals surface area (Å²) in [7, 11) is 0. The van der Waals surface area contributed by atoms with Gasteiger partial charge in [-0.2, -0.15) is 13.2 Å². The molecule has 0 radical (unpaired) electrons. The Labute approximate surface area is 128 Å². The third-order valence-corrected chi connectivity index (χ3v) is 3.60. The van der Waals surface area contributed by atoms with Crippen LogP contribution < -0.4 is 10.6 Å². The van der Waals surface area contributed by atoms with Crippen LogP contribution in [0.2, 0.25) is 0 Å². The number of benzene rings is 1. The molecular formula is C14H14F4N2O3. The smallest absolute Gasteiger partial charge is 0.388 e. The zero-order valence-electron chi connectivity index (χ0n) is 11.8. The van der Waals surface area contributed by atoms with Crippen LogP contribution in [0.25, 0.3) is 0 Å². The van der Waals surface area contributed by atoms with E-state index < -0.39 is 40.7 Å². The molecule has 0 saturated heterocycles. The Morgan fingerprint density at radius 2 is 1.87 bits per heavy atom. The fourth-order valence-electron chi connectivity index (χ4n) is 2.13. The van der Waals surface area contributed by atoms with Crippen LogP contribution in [0.4, 0.5) is 23.2 Å². The van der Waals surface area contributed by atoms with E-state index in [0.29, 0.717) is 12.8 Å². The SMILES string of the molecule is O=C(NCC1(O)CCC1)C(=O)Nc1ccc(F)cc1C(F)(F)F. The van der Waals surface area contributed by atoms with Crippen molar-refractivity contribution in [3.05, 3.63) is 29.6 Å². The number of carbonyl (C=O) groups excluding carboxylic acids is 2. The van der Waals surface area contributed by atoms with Crippen LogP contribution in [0.5, 0.6) is 0 Å². The molecule has 1 aromatic carbocycles. The van der Waals surface area contributed by atoms with E-state index in [9.17, 15) is 32.3 Å². The van der Waals surface area contributed by atoms with Crippen LogP contribution in [0.3, 0.4) is 0 Å². The Balaban J connectivity index is 2.03. The molecule has 1 saturated carbocycles. The fourth-order valence-corrected chi connectivity index (χ4v) is 2.13. The van der Waals surface area contributed by atoms with Crippen LogP contribution in [-0.2, 0) is 15.8 Å². The number of rotatable bonds is 3. The Bertz CT molecular complexity index is 627. The fraction of sp³-hybridized carbons (Fsp3) is 0.429. The van der Waals surface area contributed by atoms with Crippen LogP contribution in [0.15, 0.2) is 18.2 Å². The average molecular weight is 334 g/mol. The first kappa shape index (κ1) is 17.2. The van der Waals surface area contributed by atoms with Gasteiger partial charge in [-0.25, -0.2) is 4.39 Å². The van der Waals surface area contributed by atoms with Crippen molar-refractivity contribution in [1.82, 2.24) is 5.32 Å². The predicted molar refractivity (Wildman–Crippen MR) is 71.8 cm³/mol. The molecule has 23 heavy (non-hydrogen) atoms. The average Bonchev–Trinajstić information content (AvgIpc) is 2.43. The number of anilines is 1. The van der Waals surface area contributed by atoms with Gasteiger partial charge in [0.05, 0.1) is 16.9 Å². The molecule has 0 aromatic heterocycles. The number of amides is 2. The maximum absolute atomic E-state index is 13.0. The molecule has 9 heteroatoms. The lowest BCUT2D eigenvalue weighted by Gasteiger charge is -2.36. The summed E-state index contributed by atoms with van der Waals surface area (Å²) in [6.07, 6.45) is -3.14. The van der Waals surface area contributed by atoms with Gasteiger partial charge in [-0.05, 0) is 37.5 Å². The van der Waals surface area contributed by atoms with Gasteiger partial charge in [0.2, 0.25) is 0 Å². The molecule has 0 bridgehead atoms. The first-order valence-corrected chi connectivity index (χ1v) is 6.79. The molecule has 0 aliphatic heterocycles. The van der Waals surface area contributed by atoms with Gasteiger partial charge in [0, 0.05) is 6.54 Å². The number of halogens is 4. The van der Waals surface area contributed by atoms with Gasteiger partial charge >= 0.3 is 18.0 Å². The number of carbonyl (C=O) groups is 2. The maximum Gasteiger partial charge on any atom is 0.418 e. The first-order chi connectivity index (χ1) is 10.6. The third kappa shape index (κ3) is 4.19. The van der Waals surface area contributed by atoms with Gasteiger partial charge in [0.1, 0.15) is 5.82 Å². The van der Waals surface area contributed by atoms with Gasteiger partial charge in [0.15, 0.2) is 0 Å². The lowest BCUT2D eigenvalue weighted by atomic mass is 9.80. The molecule has 5 nitrogen and oxygen atoms in total. The minimum Gasteiger partial charge on any atom is -0.388 e. The Morgan fingerprint density at radius 1 is 1.22 bits per heavy atom. The molecule has 0 atom stereocenters. The highest BCUT2D eigenvalue weighted by atomic mass is 19.4. The first-order valence-electron chi connectivity index (χ1n) is 6.79. The summed E-state index contributed by atoms with van der Waals surface area (Å²) in [6.45, 7) is -0.158. The minimum absolute atomic E-state index is 0.158. The quantitative estimate of drug-likeness (QED) is 0.583. The van der Waals surface area contributed by atoms with E-state index in [0.717, 1.165) is 18.6 Å². The van der Waals surface area contributed by atoms with Crippen molar-refractivity contribution in [2.75, 3.05) is 11.9 Å². The van der Waals surface area contributed by atoms with Gasteiger partial charge in [-0.1, -0.05) is 0 Å². The second kappa shape index (κ2) is 6.15. The molecule has 2 rings (SSSR count). The Hall–Kier alpha value is -2.16. The molecule has 126 valence electrons. The van der Waals surface area contributed by atoms with Crippen molar-refractivity contribution in [1.29, 1.82) is 0 Å². The molecule has 0 unspecified atom stereocenters. The van der Waals surface area contributed by atoms with Crippen molar-refractivity contribution in [3.63, 3.8) is 0 Å². The Morgan fingerprint density at radius 3 is 2.39 bits per heavy atom. The van der Waals surface area contributed by atoms with Crippen molar-refractivity contribution in [2.45, 2.75) is 31.0 Å². The van der Waals surface area contributed by atoms with Gasteiger partial charge < -0.3 is 15.7 Å². The van der Waals surface area contributed by atoms with E-state index in [1.165, 1.54) is 0 Å². The molecule has 1 aliphatic carbocycles. The van der Waals surface area contributed by atoms with Gasteiger partial charge in [0.25, 0.3) is 0 Å². The standard InChI is InChI=1S/C14H14F4N2O3/c15-8-2-3-10(9(6-8)14(16,17)18)20-12(22)11(21)19-7-13(23)4-1-5-13/h2-3,6,23H,1,4-5,7H2,(H,19,21)(H,20,22). The van der Waals surface area contributed by atoms with Gasteiger partial charge in [-0.3, -0.25) is 9.59 Å². The second-order valence-corrected chi connectivity index (χ2v) is 5.40. The minimum atomic E-state index is -4.89. The van der Waals surface area contributed by atoms with E-state index in [1.807, 2.05) is 0 Å². The molecule has 3 N–H and O–H groups in total. The van der Waals surface area contributed by atoms with Crippen LogP contribution >= 0.6 is 0 Å². The number of aliphatic hydroxyl groups is 1. The zero-order chi connectivity index (χ0) is 17.3. The molecule has 0 heterocycles. The van der Waals surface area contributed by atoms with E-state index in [1.54, 1.807) is 5.32 Å². The predicted octanol–water partition coefficient (Wildman–Crippen LogP) is 1.81. The largest absolute Gasteiger partial charge is 0.418 e. The van der Waals surface area contributed by atoms with Crippen LogP contribution in [-0.4, -0.2) is 29.1 Å². The summed E-state index contributed by atoms with van der Waals surface area (Å²) in [5, 5.41) is 13.7. The second-order valence-electron chi connectivity index (χ2n) is 5.40. The summed E-state index contributed by atoms with van der Waals surface area (Å²) < 4.78 is 51.3. The topological polar surface area (TPSA) is 78.4 Å². The summed E-state index contributed by atoms with van der Waals surface area (Å²) in [6, 6.07) is 1.69. The van der Waals surface area contributed by atoms with Crippen molar-refractivity contribution < 1.29 is 32.3 Å². The van der Waals surface area contributed by atoms with Crippen molar-refractivity contribution >= 4 is 17.5 Å². The number of hydrogen-bond acceptors (Lipinski definition) is 3. The molecule has 0 spiro atoms. The molecular weight excluding hydrogens is 320 g/mol. The van der Waals surface area contributed by atoms with Crippen molar-refractivity contribution in [2.24, 2.45) is 0 Å². The van der Waals surface area contributed by atoms with E-state index >= 15 is 0 Å². The highest BCUT2D eigenvalue weighted by Gasteiger charge is 2.36. The highest BCUT2D eigenvalue weighted by molar-refractivity contribution is 6.39. The summed E-state index contributed by atoms with van der Waals surface area (Å²) in [4.78, 5) is 23.2. The Kier molecular flexibility index (Phi) is 4.60. The lowest BCUT2D eigenvalue weighted by molar-refractivity contribution is -0.138. The molecule has 2 amide bonds. The summed E-state index contributed by atoms with van der Waals surface area (Å²) >= 11 is 0. The molecule has 1 aliphatic rings. The highest BCUT2D eigenvalue weighted by Crippen LogP contribution is 2.35. The number of alkyl halides is 3. The van der Waals surface area contributed by atoms with Gasteiger partial charge in [-0.15, -0.1) is 0 Å². The number of nitrogens with one attached hydrogen (secondary N) is 2. The monoisotopic (exact) mass is 334 g/mol. The van der Waals surface area contributed by atoms with Crippen LogP contribution in [0, 0.1) is 5.82 Å². The van der Waals surface area contributed by atoms with E-state index in [-0.39, 0.29) is 12.6 Å². The zero-order valence-corrected chi connectivity index (χ0v) is 11.8. The van der Waals surface area contributed by atoms with E-state index in [4.69, 9.17) is 0 Å². The van der Waals surface area contributed by atoms with Crippen molar-refractivity contribution in [3.8, 4) is 0 Å². The van der Waals surface area contributed by atoms with Crippen LogP contribution in [0.1, 0.15) is 24.8 Å². The normalized spacial score (nSPS) is 16.4. The molecule has 1 fully saturated rings. The maximum atomic E-state index is 13.0. The third-order valence-electron chi connectivity index (χ3n) is 3.60. The lowest BCUT2D eigenvalue weighted by Crippen LogP contribution is -2.49. The molecule has 1 aromatic rings. The van der Waals surface area contributed by atoms with E-state index in [2.05, 4.69) is 5.32 Å². The summed E-state index contributed by atoms with van der Waals surface area (Å²) in [5.41, 5.74) is -3.18. The summed E-state index contributed by atoms with van der Waals surface area (Å²) in [5.74, 6) is -3.63.